The Kier molecular flexibility index (Phi) is 8.63. The molecule has 0 N–H and O–H groups in total. The average Bonchev–Trinajstić information content (AvgIpc) is 2.26. The molecular weight excluding hydrogens is 247 g/mol. The zero-order valence-electron chi connectivity index (χ0n) is 10.5. The third kappa shape index (κ3) is 3.73. The minimum Gasteiger partial charge on any atom is -0.768 e. The van der Waals surface area contributed by atoms with Crippen molar-refractivity contribution in [2.24, 2.45) is 0 Å². The average molecular weight is 264 g/mol. The Balaban J connectivity index is 0.00000225. The molecule has 4 heteroatoms. The number of hydrogen-bond donors (Lipinski definition) is 0. The molecule has 1 atom stereocenters. The van der Waals surface area contributed by atoms with E-state index < -0.39 is 11.1 Å². The Morgan fingerprint density at radius 1 is 1.06 bits per heavy atom. The summed E-state index contributed by atoms with van der Waals surface area (Å²) in [6, 6.07) is 3.66. The molecule has 0 heterocycles. The summed E-state index contributed by atoms with van der Waals surface area (Å²) in [5.74, 6) is 0. The maximum Gasteiger partial charge on any atom is 1.00 e. The van der Waals surface area contributed by atoms with Crippen molar-refractivity contribution in [3.63, 3.8) is 0 Å². The van der Waals surface area contributed by atoms with E-state index in [0.29, 0.717) is 4.90 Å². The van der Waals surface area contributed by atoms with Crippen LogP contribution in [-0.4, -0.2) is 8.76 Å². The molecule has 0 aliphatic carbocycles. The molecule has 0 saturated heterocycles. The second-order valence-electron chi connectivity index (χ2n) is 3.48. The van der Waals surface area contributed by atoms with Gasteiger partial charge in [-0.15, -0.1) is 0 Å². The van der Waals surface area contributed by atoms with Crippen LogP contribution in [0.4, 0.5) is 0 Å². The van der Waals surface area contributed by atoms with Crippen molar-refractivity contribution in [1.82, 2.24) is 0 Å². The molecular formula is C12H17KO2S. The third-order valence-electron chi connectivity index (χ3n) is 2.75. The molecule has 0 saturated carbocycles. The van der Waals surface area contributed by atoms with E-state index in [1.165, 1.54) is 11.1 Å². The number of hydrogen-bond acceptors (Lipinski definition) is 2. The summed E-state index contributed by atoms with van der Waals surface area (Å²) in [5.41, 5.74) is 3.47. The van der Waals surface area contributed by atoms with Crippen LogP contribution in [0.15, 0.2) is 17.0 Å². The zero-order chi connectivity index (χ0) is 11.4. The molecule has 0 spiro atoms. The predicted octanol–water partition coefficient (Wildman–Crippen LogP) is -0.384. The molecule has 2 nitrogen and oxygen atoms in total. The van der Waals surface area contributed by atoms with Crippen LogP contribution in [0.5, 0.6) is 0 Å². The summed E-state index contributed by atoms with van der Waals surface area (Å²) in [4.78, 5) is 0.464. The molecule has 1 aromatic rings. The molecule has 0 radical (unpaired) electrons. The molecule has 84 valence electrons. The van der Waals surface area contributed by atoms with Gasteiger partial charge in [0.2, 0.25) is 0 Å². The molecule has 0 amide bonds. The van der Waals surface area contributed by atoms with Crippen molar-refractivity contribution in [1.29, 1.82) is 0 Å². The van der Waals surface area contributed by atoms with E-state index in [9.17, 15) is 8.76 Å². The van der Waals surface area contributed by atoms with Crippen LogP contribution >= 0.6 is 0 Å². The first-order valence-electron chi connectivity index (χ1n) is 5.38. The second-order valence-corrected chi connectivity index (χ2v) is 4.38. The minimum absolute atomic E-state index is 0. The van der Waals surface area contributed by atoms with Crippen LogP contribution in [0, 0.1) is 0 Å². The van der Waals surface area contributed by atoms with Crippen molar-refractivity contribution in [3.8, 4) is 0 Å². The normalized spacial score (nSPS) is 12.0. The molecule has 16 heavy (non-hydrogen) atoms. The van der Waals surface area contributed by atoms with Gasteiger partial charge in [-0.25, -0.2) is 0 Å². The fourth-order valence-corrected chi connectivity index (χ4v) is 2.68. The summed E-state index contributed by atoms with van der Waals surface area (Å²) in [6.07, 6.45) is 2.64. The van der Waals surface area contributed by atoms with Gasteiger partial charge >= 0.3 is 51.4 Å². The SMILES string of the molecule is CCc1ccc(S(=O)[O-])c(CC)c1CC.[K+]. The van der Waals surface area contributed by atoms with E-state index in [1.54, 1.807) is 6.07 Å². The minimum atomic E-state index is -2.11. The van der Waals surface area contributed by atoms with Crippen molar-refractivity contribution < 1.29 is 60.1 Å². The van der Waals surface area contributed by atoms with Gasteiger partial charge in [-0.05, 0) is 53.1 Å². The van der Waals surface area contributed by atoms with Gasteiger partial charge in [-0.1, -0.05) is 26.8 Å². The monoisotopic (exact) mass is 264 g/mol. The topological polar surface area (TPSA) is 40.1 Å². The quantitative estimate of drug-likeness (QED) is 0.549. The van der Waals surface area contributed by atoms with Gasteiger partial charge in [-0.2, -0.15) is 0 Å². The van der Waals surface area contributed by atoms with Gasteiger partial charge in [0.25, 0.3) is 0 Å². The van der Waals surface area contributed by atoms with Gasteiger partial charge in [0, 0.05) is 4.90 Å². The largest absolute Gasteiger partial charge is 1.00 e. The molecule has 0 aromatic heterocycles. The summed E-state index contributed by atoms with van der Waals surface area (Å²) in [6.45, 7) is 6.18. The maximum atomic E-state index is 11.0. The molecule has 1 rings (SSSR count). The van der Waals surface area contributed by atoms with E-state index in [1.807, 2.05) is 13.0 Å². The Morgan fingerprint density at radius 3 is 2.00 bits per heavy atom. The van der Waals surface area contributed by atoms with Gasteiger partial charge in [-0.3, -0.25) is 4.21 Å². The fourth-order valence-electron chi connectivity index (χ4n) is 2.04. The summed E-state index contributed by atoms with van der Waals surface area (Å²) >= 11 is -2.11. The molecule has 0 bridgehead atoms. The zero-order valence-corrected chi connectivity index (χ0v) is 14.4. The van der Waals surface area contributed by atoms with E-state index in [4.69, 9.17) is 0 Å². The smallest absolute Gasteiger partial charge is 0.768 e. The molecule has 1 aromatic carbocycles. The molecule has 0 aliphatic heterocycles. The first-order chi connectivity index (χ1) is 7.15. The number of benzene rings is 1. The van der Waals surface area contributed by atoms with Crippen LogP contribution < -0.4 is 51.4 Å². The number of aryl methyl sites for hydroxylation is 1. The van der Waals surface area contributed by atoms with Crippen molar-refractivity contribution in [2.45, 2.75) is 44.9 Å². The molecule has 1 unspecified atom stereocenters. The van der Waals surface area contributed by atoms with Crippen LogP contribution in [0.2, 0.25) is 0 Å². The van der Waals surface area contributed by atoms with Crippen LogP contribution in [-0.2, 0) is 30.3 Å². The van der Waals surface area contributed by atoms with Gasteiger partial charge in [0.1, 0.15) is 0 Å². The Hall–Kier alpha value is 0.966. The van der Waals surface area contributed by atoms with Gasteiger partial charge in [0.05, 0.1) is 0 Å². The Labute approximate surface area is 143 Å². The second kappa shape index (κ2) is 8.14. The molecule has 0 aliphatic rings. The van der Waals surface area contributed by atoms with E-state index >= 15 is 0 Å². The predicted molar refractivity (Wildman–Crippen MR) is 61.8 cm³/mol. The van der Waals surface area contributed by atoms with Gasteiger partial charge < -0.3 is 4.55 Å². The van der Waals surface area contributed by atoms with Crippen LogP contribution in [0.1, 0.15) is 37.5 Å². The third-order valence-corrected chi connectivity index (χ3v) is 3.49. The summed E-state index contributed by atoms with van der Waals surface area (Å²) in [5, 5.41) is 0. The standard InChI is InChI=1S/C12H18O2S.K/c1-4-9-7-8-12(15(13)14)11(6-3)10(9)5-2;/h7-8H,4-6H2,1-3H3,(H,13,14);/q;+1/p-1. The van der Waals surface area contributed by atoms with E-state index in [0.717, 1.165) is 24.8 Å². The summed E-state index contributed by atoms with van der Waals surface area (Å²) in [7, 11) is 0. The van der Waals surface area contributed by atoms with Crippen molar-refractivity contribution in [3.05, 3.63) is 28.8 Å². The first kappa shape index (κ1) is 17.0. The summed E-state index contributed by atoms with van der Waals surface area (Å²) < 4.78 is 22.1. The Bertz CT molecular complexity index is 378. The van der Waals surface area contributed by atoms with Crippen LogP contribution in [0.25, 0.3) is 0 Å². The fraction of sp³-hybridized carbons (Fsp3) is 0.500. The van der Waals surface area contributed by atoms with E-state index in [2.05, 4.69) is 13.8 Å². The maximum absolute atomic E-state index is 11.0. The van der Waals surface area contributed by atoms with Crippen molar-refractivity contribution in [2.75, 3.05) is 0 Å². The first-order valence-corrected chi connectivity index (χ1v) is 6.46. The van der Waals surface area contributed by atoms with Gasteiger partial charge in [0.15, 0.2) is 0 Å². The van der Waals surface area contributed by atoms with Crippen molar-refractivity contribution >= 4 is 11.1 Å². The van der Waals surface area contributed by atoms with Crippen LogP contribution in [0.3, 0.4) is 0 Å². The molecule has 0 fully saturated rings. The van der Waals surface area contributed by atoms with E-state index in [-0.39, 0.29) is 51.4 Å². The number of rotatable bonds is 4. The Morgan fingerprint density at radius 2 is 1.62 bits per heavy atom.